The Hall–Kier alpha value is -2.85. The molecule has 10 nitrogen and oxygen atoms in total. The normalized spacial score (nSPS) is 27.7. The van der Waals surface area contributed by atoms with Crippen molar-refractivity contribution < 1.29 is 23.5 Å². The third-order valence-corrected chi connectivity index (χ3v) is 9.40. The lowest BCUT2D eigenvalue weighted by atomic mass is 9.93. The van der Waals surface area contributed by atoms with Gasteiger partial charge in [0.25, 0.3) is 0 Å². The van der Waals surface area contributed by atoms with Gasteiger partial charge in [0.05, 0.1) is 19.3 Å². The maximum Gasteiger partial charge on any atom is 0.316 e. The number of fused-ring (bicyclic) bond motifs is 2. The Morgan fingerprint density at radius 3 is 2.34 bits per heavy atom. The van der Waals surface area contributed by atoms with Crippen molar-refractivity contribution in [1.29, 1.82) is 0 Å². The van der Waals surface area contributed by atoms with Gasteiger partial charge in [0, 0.05) is 62.3 Å². The molecule has 1 saturated carbocycles. The fourth-order valence-corrected chi connectivity index (χ4v) is 7.19. The van der Waals surface area contributed by atoms with Crippen molar-refractivity contribution >= 4 is 17.5 Å². The Labute approximate surface area is 243 Å². The number of nitrogens with one attached hydrogen (secondary N) is 1. The largest absolute Gasteiger partial charge is 0.474 e. The van der Waals surface area contributed by atoms with Crippen LogP contribution in [0, 0.1) is 5.92 Å². The van der Waals surface area contributed by atoms with Crippen molar-refractivity contribution in [3.63, 3.8) is 0 Å². The summed E-state index contributed by atoms with van der Waals surface area (Å²) in [6.45, 7) is 7.81. The van der Waals surface area contributed by atoms with Crippen LogP contribution in [0.15, 0.2) is 28.9 Å². The summed E-state index contributed by atoms with van der Waals surface area (Å²) < 4.78 is 23.5. The lowest BCUT2D eigenvalue weighted by Crippen LogP contribution is -2.52. The molecular weight excluding hydrogens is 522 g/mol. The van der Waals surface area contributed by atoms with E-state index in [0.29, 0.717) is 17.8 Å². The monoisotopic (exact) mass is 567 g/mol. The maximum atomic E-state index is 12.2. The number of piperidine rings is 1. The maximum absolute atomic E-state index is 12.2. The molecule has 1 N–H and O–H groups in total. The number of pyridine rings is 1. The molecule has 1 aliphatic carbocycles. The molecule has 5 heterocycles. The summed E-state index contributed by atoms with van der Waals surface area (Å²) in [6, 6.07) is 7.33. The summed E-state index contributed by atoms with van der Waals surface area (Å²) in [5.74, 6) is 1.44. The molecule has 3 atom stereocenters. The molecule has 41 heavy (non-hydrogen) atoms. The van der Waals surface area contributed by atoms with Gasteiger partial charge in [-0.05, 0) is 63.4 Å². The Morgan fingerprint density at radius 1 is 0.976 bits per heavy atom. The highest BCUT2D eigenvalue weighted by atomic mass is 16.5. The second-order valence-corrected chi connectivity index (χ2v) is 12.5. The molecule has 224 valence electrons. The minimum atomic E-state index is -0.441. The molecule has 3 unspecified atom stereocenters. The average molecular weight is 568 g/mol. The topological polar surface area (TPSA) is 102 Å². The van der Waals surface area contributed by atoms with E-state index in [1.807, 2.05) is 26.1 Å². The van der Waals surface area contributed by atoms with Gasteiger partial charge in [0.15, 0.2) is 11.6 Å². The van der Waals surface area contributed by atoms with Gasteiger partial charge in [0.1, 0.15) is 12.0 Å². The van der Waals surface area contributed by atoms with Crippen molar-refractivity contribution in [2.75, 3.05) is 43.1 Å². The minimum absolute atomic E-state index is 0.0664. The van der Waals surface area contributed by atoms with Crippen LogP contribution in [-0.2, 0) is 14.3 Å². The number of rotatable bonds is 9. The van der Waals surface area contributed by atoms with Gasteiger partial charge in [-0.25, -0.2) is 4.98 Å². The van der Waals surface area contributed by atoms with Gasteiger partial charge < -0.3 is 33.9 Å². The van der Waals surface area contributed by atoms with E-state index in [4.69, 9.17) is 18.7 Å². The molecule has 2 bridgehead atoms. The zero-order valence-electron chi connectivity index (χ0n) is 24.7. The summed E-state index contributed by atoms with van der Waals surface area (Å²) in [5, 5.41) is 7.82. The number of hydrogen-bond acceptors (Lipinski definition) is 10. The average Bonchev–Trinajstić information content (AvgIpc) is 3.56. The van der Waals surface area contributed by atoms with Crippen LogP contribution >= 0.6 is 0 Å². The SMILES string of the molecule is COC(=O)C(c1cc(N2CCC(O[C@H]3CC[C@@H](Oc4cc(N5C6CCC5CNC6)ccn4)CC3)CC2)no1)C(C)C. The Morgan fingerprint density at radius 2 is 1.66 bits per heavy atom. The smallest absolute Gasteiger partial charge is 0.316 e. The predicted octanol–water partition coefficient (Wildman–Crippen LogP) is 4.30. The summed E-state index contributed by atoms with van der Waals surface area (Å²) in [7, 11) is 1.41. The number of aromatic nitrogens is 2. The number of piperazine rings is 1. The first-order valence-electron chi connectivity index (χ1n) is 15.5. The fourth-order valence-electron chi connectivity index (χ4n) is 7.19. The standard InChI is InChI=1S/C31H45N5O5/c1-20(2)30(31(37)38-3)27-17-28(34-41-27)35-14-11-26(12-15-35)39-24-6-8-25(9-7-24)40-29-16-21(10-13-33-29)36-22-4-5-23(36)19-32-18-22/h10,13,16-17,20,22-26,30,32H,4-9,11-12,14-15,18-19H2,1-3H3/t22?,23?,24-,25+,30?. The molecule has 4 fully saturated rings. The third-order valence-electron chi connectivity index (χ3n) is 9.40. The van der Waals surface area contributed by atoms with Crippen molar-refractivity contribution in [3.05, 3.63) is 30.2 Å². The van der Waals surface area contributed by atoms with E-state index in [-0.39, 0.29) is 30.2 Å². The van der Waals surface area contributed by atoms with Crippen LogP contribution in [0.3, 0.4) is 0 Å². The zero-order chi connectivity index (χ0) is 28.3. The summed E-state index contributed by atoms with van der Waals surface area (Å²) >= 11 is 0. The van der Waals surface area contributed by atoms with Crippen molar-refractivity contribution in [2.24, 2.45) is 5.92 Å². The van der Waals surface area contributed by atoms with Gasteiger partial charge in [-0.2, -0.15) is 0 Å². The summed E-state index contributed by atoms with van der Waals surface area (Å²) in [6.07, 6.45) is 11.1. The first-order chi connectivity index (χ1) is 20.0. The second kappa shape index (κ2) is 12.6. The summed E-state index contributed by atoms with van der Waals surface area (Å²) in [4.78, 5) is 21.6. The fraction of sp³-hybridized carbons (Fsp3) is 0.710. The van der Waals surface area contributed by atoms with Gasteiger partial charge in [-0.3, -0.25) is 4.79 Å². The Balaban J connectivity index is 0.945. The van der Waals surface area contributed by atoms with Crippen LogP contribution in [0.1, 0.15) is 76.9 Å². The highest BCUT2D eigenvalue weighted by Gasteiger charge is 2.37. The van der Waals surface area contributed by atoms with E-state index >= 15 is 0 Å². The Kier molecular flexibility index (Phi) is 8.67. The minimum Gasteiger partial charge on any atom is -0.474 e. The van der Waals surface area contributed by atoms with E-state index in [9.17, 15) is 4.79 Å². The number of nitrogens with zero attached hydrogens (tertiary/aromatic N) is 4. The van der Waals surface area contributed by atoms with Gasteiger partial charge in [-0.15, -0.1) is 0 Å². The van der Waals surface area contributed by atoms with Crippen molar-refractivity contribution in [1.82, 2.24) is 15.5 Å². The number of anilines is 2. The van der Waals surface area contributed by atoms with Crippen LogP contribution in [0.5, 0.6) is 5.88 Å². The molecule has 2 aromatic rings. The van der Waals surface area contributed by atoms with Crippen LogP contribution in [0.2, 0.25) is 0 Å². The molecule has 3 aliphatic heterocycles. The number of esters is 1. The molecule has 3 saturated heterocycles. The van der Waals surface area contributed by atoms with Crippen LogP contribution in [0.25, 0.3) is 0 Å². The highest BCUT2D eigenvalue weighted by molar-refractivity contribution is 5.77. The first kappa shape index (κ1) is 28.3. The van der Waals surface area contributed by atoms with Crippen LogP contribution in [0.4, 0.5) is 11.5 Å². The molecule has 0 aromatic carbocycles. The number of carbonyl (C=O) groups excluding carboxylic acids is 1. The summed E-state index contributed by atoms with van der Waals surface area (Å²) in [5.41, 5.74) is 1.25. The Bertz CT molecular complexity index is 1140. The van der Waals surface area contributed by atoms with E-state index in [2.05, 4.69) is 37.4 Å². The molecule has 0 amide bonds. The third kappa shape index (κ3) is 6.33. The van der Waals surface area contributed by atoms with Crippen LogP contribution in [-0.4, -0.2) is 79.8 Å². The molecule has 6 rings (SSSR count). The van der Waals surface area contributed by atoms with E-state index in [1.54, 1.807) is 0 Å². The van der Waals surface area contributed by atoms with Crippen molar-refractivity contribution in [3.8, 4) is 5.88 Å². The molecule has 2 aromatic heterocycles. The second-order valence-electron chi connectivity index (χ2n) is 12.5. The lowest BCUT2D eigenvalue weighted by molar-refractivity contribution is -0.144. The lowest BCUT2D eigenvalue weighted by Gasteiger charge is -2.37. The number of carbonyl (C=O) groups is 1. The van der Waals surface area contributed by atoms with E-state index in [1.165, 1.54) is 25.6 Å². The van der Waals surface area contributed by atoms with Gasteiger partial charge >= 0.3 is 5.97 Å². The van der Waals surface area contributed by atoms with Gasteiger partial charge in [0.2, 0.25) is 5.88 Å². The quantitative estimate of drug-likeness (QED) is 0.441. The molecule has 4 aliphatic rings. The van der Waals surface area contributed by atoms with Gasteiger partial charge in [-0.1, -0.05) is 19.0 Å². The number of ether oxygens (including phenoxy) is 3. The molecular formula is C31H45N5O5. The zero-order valence-corrected chi connectivity index (χ0v) is 24.7. The van der Waals surface area contributed by atoms with E-state index < -0.39 is 5.92 Å². The van der Waals surface area contributed by atoms with Crippen LogP contribution < -0.4 is 19.9 Å². The molecule has 10 heteroatoms. The number of hydrogen-bond donors (Lipinski definition) is 1. The highest BCUT2D eigenvalue weighted by Crippen LogP contribution is 2.35. The predicted molar refractivity (Wildman–Crippen MR) is 155 cm³/mol. The molecule has 0 spiro atoms. The van der Waals surface area contributed by atoms with Crippen molar-refractivity contribution in [2.45, 2.75) is 102 Å². The van der Waals surface area contributed by atoms with E-state index in [0.717, 1.165) is 76.4 Å². The molecule has 0 radical (unpaired) electrons. The first-order valence-corrected chi connectivity index (χ1v) is 15.5. The number of methoxy groups -OCH3 is 1.